The normalized spacial score (nSPS) is 12.5. The van der Waals surface area contributed by atoms with Crippen molar-refractivity contribution < 1.29 is 13.6 Å². The third-order valence-electron chi connectivity index (χ3n) is 6.61. The maximum atomic E-state index is 14.6. The van der Waals surface area contributed by atoms with Gasteiger partial charge in [0.1, 0.15) is 28.8 Å². The maximum Gasteiger partial charge on any atom is 0.277 e. The Hall–Kier alpha value is -4.59. The Balaban J connectivity index is 1.40. The van der Waals surface area contributed by atoms with Crippen molar-refractivity contribution in [2.24, 2.45) is 0 Å². The molecule has 0 saturated heterocycles. The second-order valence-electron chi connectivity index (χ2n) is 9.01. The number of hydrogen-bond acceptors (Lipinski definition) is 3. The molecule has 8 heteroatoms. The zero-order valence-electron chi connectivity index (χ0n) is 19.9. The number of halogens is 2. The summed E-state index contributed by atoms with van der Waals surface area (Å²) >= 11 is 0. The molecule has 1 N–H and O–H groups in total. The SMILES string of the molecule is O=C(Nc1c(-c2ccc(F)cc2)ncn1Cc1ccccc1)c1nn(-c2ccccc2F)c2c1CCC2. The second kappa shape index (κ2) is 9.46. The number of fused-ring (bicyclic) bond motifs is 1. The highest BCUT2D eigenvalue weighted by Gasteiger charge is 2.29. The number of aromatic nitrogens is 4. The van der Waals surface area contributed by atoms with E-state index in [9.17, 15) is 13.6 Å². The number of carbonyl (C=O) groups excluding carboxylic acids is 1. The summed E-state index contributed by atoms with van der Waals surface area (Å²) in [6.45, 7) is 0.479. The molecule has 5 aromatic rings. The molecular formula is C29H23F2N5O. The highest BCUT2D eigenvalue weighted by molar-refractivity contribution is 6.05. The van der Waals surface area contributed by atoms with Crippen LogP contribution in [0.25, 0.3) is 16.9 Å². The van der Waals surface area contributed by atoms with Crippen LogP contribution in [0.4, 0.5) is 14.6 Å². The Labute approximate surface area is 212 Å². The number of amides is 1. The molecule has 2 aromatic heterocycles. The van der Waals surface area contributed by atoms with E-state index in [1.165, 1.54) is 18.2 Å². The van der Waals surface area contributed by atoms with E-state index < -0.39 is 11.7 Å². The van der Waals surface area contributed by atoms with Crippen LogP contribution >= 0.6 is 0 Å². The molecule has 3 aromatic carbocycles. The van der Waals surface area contributed by atoms with Crippen molar-refractivity contribution in [3.63, 3.8) is 0 Å². The quantitative estimate of drug-likeness (QED) is 0.324. The predicted molar refractivity (Wildman–Crippen MR) is 137 cm³/mol. The molecule has 184 valence electrons. The zero-order chi connectivity index (χ0) is 25.4. The van der Waals surface area contributed by atoms with Crippen molar-refractivity contribution in [1.29, 1.82) is 0 Å². The van der Waals surface area contributed by atoms with Crippen molar-refractivity contribution in [3.8, 4) is 16.9 Å². The number of nitrogens with zero attached hydrogens (tertiary/aromatic N) is 4. The summed E-state index contributed by atoms with van der Waals surface area (Å²) < 4.78 is 31.6. The lowest BCUT2D eigenvalue weighted by Gasteiger charge is -2.12. The molecular weight excluding hydrogens is 472 g/mol. The molecule has 1 aliphatic carbocycles. The molecule has 0 saturated carbocycles. The summed E-state index contributed by atoms with van der Waals surface area (Å²) in [4.78, 5) is 18.2. The predicted octanol–water partition coefficient (Wildman–Crippen LogP) is 5.80. The number of imidazole rings is 1. The van der Waals surface area contributed by atoms with E-state index >= 15 is 0 Å². The summed E-state index contributed by atoms with van der Waals surface area (Å²) in [5.41, 5.74) is 4.50. The van der Waals surface area contributed by atoms with E-state index in [1.54, 1.807) is 41.3 Å². The van der Waals surface area contributed by atoms with E-state index in [0.29, 0.717) is 35.7 Å². The number of hydrogen-bond donors (Lipinski definition) is 1. The van der Waals surface area contributed by atoms with Crippen LogP contribution in [-0.4, -0.2) is 25.2 Å². The molecule has 2 heterocycles. The lowest BCUT2D eigenvalue weighted by atomic mass is 10.1. The molecule has 1 aliphatic rings. The first-order chi connectivity index (χ1) is 18.1. The maximum absolute atomic E-state index is 14.6. The van der Waals surface area contributed by atoms with Crippen molar-refractivity contribution in [2.75, 3.05) is 5.32 Å². The third kappa shape index (κ3) is 4.31. The van der Waals surface area contributed by atoms with E-state index in [4.69, 9.17) is 0 Å². The van der Waals surface area contributed by atoms with Crippen LogP contribution in [0.15, 0.2) is 85.2 Å². The molecule has 0 spiro atoms. The summed E-state index contributed by atoms with van der Waals surface area (Å²) in [5.74, 6) is -0.669. The Morgan fingerprint density at radius 1 is 0.919 bits per heavy atom. The number of anilines is 1. The Bertz CT molecular complexity index is 1590. The lowest BCUT2D eigenvalue weighted by Crippen LogP contribution is -2.18. The standard InChI is InChI=1S/C29H23F2N5O/c30-21-15-13-20(14-16-21)26-28(35(18-32-26)17-19-7-2-1-3-8-19)33-29(37)27-22-9-6-12-24(22)36(34-27)25-11-5-4-10-23(25)31/h1-5,7-8,10-11,13-16,18H,6,9,12,17H2,(H,33,37). The van der Waals surface area contributed by atoms with Crippen LogP contribution in [0.1, 0.15) is 33.7 Å². The van der Waals surface area contributed by atoms with Crippen LogP contribution in [0, 0.1) is 11.6 Å². The van der Waals surface area contributed by atoms with Crippen molar-refractivity contribution in [1.82, 2.24) is 19.3 Å². The van der Waals surface area contributed by atoms with Gasteiger partial charge in [0.15, 0.2) is 5.69 Å². The topological polar surface area (TPSA) is 64.7 Å². The molecule has 0 aliphatic heterocycles. The average molecular weight is 496 g/mol. The van der Waals surface area contributed by atoms with Gasteiger partial charge >= 0.3 is 0 Å². The fourth-order valence-electron chi connectivity index (χ4n) is 4.84. The van der Waals surface area contributed by atoms with E-state index in [-0.39, 0.29) is 11.5 Å². The van der Waals surface area contributed by atoms with Gasteiger partial charge in [-0.05, 0) is 61.2 Å². The molecule has 0 unspecified atom stereocenters. The Morgan fingerprint density at radius 3 is 2.46 bits per heavy atom. The average Bonchev–Trinajstić information content (AvgIpc) is 3.62. The van der Waals surface area contributed by atoms with Crippen LogP contribution in [0.5, 0.6) is 0 Å². The fourth-order valence-corrected chi connectivity index (χ4v) is 4.84. The van der Waals surface area contributed by atoms with Crippen LogP contribution in [0.3, 0.4) is 0 Å². The number of nitrogens with one attached hydrogen (secondary N) is 1. The number of benzene rings is 3. The highest BCUT2D eigenvalue weighted by atomic mass is 19.1. The van der Waals surface area contributed by atoms with Gasteiger partial charge in [0, 0.05) is 16.8 Å². The Kier molecular flexibility index (Phi) is 5.84. The van der Waals surface area contributed by atoms with E-state index in [2.05, 4.69) is 15.4 Å². The first kappa shape index (κ1) is 22.8. The molecule has 6 nitrogen and oxygen atoms in total. The van der Waals surface area contributed by atoms with Gasteiger partial charge in [-0.25, -0.2) is 18.4 Å². The van der Waals surface area contributed by atoms with Gasteiger partial charge < -0.3 is 9.88 Å². The summed E-state index contributed by atoms with van der Waals surface area (Å²) in [7, 11) is 0. The Morgan fingerprint density at radius 2 is 1.68 bits per heavy atom. The minimum atomic E-state index is -0.397. The highest BCUT2D eigenvalue weighted by Crippen LogP contribution is 2.31. The molecule has 37 heavy (non-hydrogen) atoms. The smallest absolute Gasteiger partial charge is 0.277 e. The monoisotopic (exact) mass is 495 g/mol. The number of para-hydroxylation sites is 1. The molecule has 6 rings (SSSR count). The van der Waals surface area contributed by atoms with E-state index in [0.717, 1.165) is 29.7 Å². The van der Waals surface area contributed by atoms with Gasteiger partial charge in [0.25, 0.3) is 5.91 Å². The summed E-state index contributed by atoms with van der Waals surface area (Å²) in [6, 6.07) is 22.2. The minimum absolute atomic E-state index is 0.272. The molecule has 0 fully saturated rings. The van der Waals surface area contributed by atoms with Crippen molar-refractivity contribution in [2.45, 2.75) is 25.8 Å². The third-order valence-corrected chi connectivity index (χ3v) is 6.61. The lowest BCUT2D eigenvalue weighted by molar-refractivity contribution is 0.102. The van der Waals surface area contributed by atoms with Crippen LogP contribution < -0.4 is 5.32 Å². The van der Waals surface area contributed by atoms with Crippen molar-refractivity contribution >= 4 is 11.7 Å². The van der Waals surface area contributed by atoms with Crippen LogP contribution in [-0.2, 0) is 19.4 Å². The summed E-state index contributed by atoms with van der Waals surface area (Å²) in [5, 5.41) is 7.57. The van der Waals surface area contributed by atoms with Gasteiger partial charge in [-0.3, -0.25) is 4.79 Å². The molecule has 0 atom stereocenters. The molecule has 0 bridgehead atoms. The largest absolute Gasteiger partial charge is 0.312 e. The zero-order valence-corrected chi connectivity index (χ0v) is 19.9. The molecule has 0 radical (unpaired) electrons. The van der Waals surface area contributed by atoms with Gasteiger partial charge in [-0.2, -0.15) is 5.10 Å². The van der Waals surface area contributed by atoms with Gasteiger partial charge in [-0.1, -0.05) is 42.5 Å². The number of rotatable bonds is 6. The van der Waals surface area contributed by atoms with E-state index in [1.807, 2.05) is 34.9 Å². The molecule has 1 amide bonds. The summed E-state index contributed by atoms with van der Waals surface area (Å²) in [6.07, 6.45) is 3.94. The van der Waals surface area contributed by atoms with Gasteiger partial charge in [-0.15, -0.1) is 0 Å². The number of carbonyl (C=O) groups is 1. The first-order valence-electron chi connectivity index (χ1n) is 12.1. The minimum Gasteiger partial charge on any atom is -0.312 e. The van der Waals surface area contributed by atoms with Crippen LogP contribution in [0.2, 0.25) is 0 Å². The van der Waals surface area contributed by atoms with Gasteiger partial charge in [0.05, 0.1) is 12.9 Å². The second-order valence-corrected chi connectivity index (χ2v) is 9.01. The first-order valence-corrected chi connectivity index (χ1v) is 12.1. The van der Waals surface area contributed by atoms with Gasteiger partial charge in [0.2, 0.25) is 0 Å². The van der Waals surface area contributed by atoms with Crippen molar-refractivity contribution in [3.05, 3.63) is 119 Å². The fraction of sp³-hybridized carbons (Fsp3) is 0.138.